The molecule has 1 saturated heterocycles. The van der Waals surface area contributed by atoms with Crippen molar-refractivity contribution in [1.29, 1.82) is 0 Å². The number of aromatic nitrogens is 2. The Kier molecular flexibility index (Phi) is 3.90. The highest BCUT2D eigenvalue weighted by Crippen LogP contribution is 2.24. The summed E-state index contributed by atoms with van der Waals surface area (Å²) in [6.45, 7) is 3.15. The normalized spacial score (nSPS) is 19.1. The summed E-state index contributed by atoms with van der Waals surface area (Å²) in [5.74, 6) is -0.326. The van der Waals surface area contributed by atoms with Crippen molar-refractivity contribution >= 4 is 11.8 Å². The monoisotopic (exact) mass is 324 g/mol. The van der Waals surface area contributed by atoms with E-state index in [4.69, 9.17) is 0 Å². The molecule has 0 aliphatic carbocycles. The molecule has 2 aromatic rings. The van der Waals surface area contributed by atoms with Crippen molar-refractivity contribution in [2.75, 3.05) is 26.2 Å². The first-order valence-corrected chi connectivity index (χ1v) is 8.39. The third-order valence-electron chi connectivity index (χ3n) is 5.02. The number of imide groups is 1. The van der Waals surface area contributed by atoms with Crippen LogP contribution < -0.4 is 0 Å². The van der Waals surface area contributed by atoms with E-state index in [9.17, 15) is 9.59 Å². The van der Waals surface area contributed by atoms with Crippen LogP contribution in [0.15, 0.2) is 43.0 Å². The maximum atomic E-state index is 12.4. The maximum absolute atomic E-state index is 12.4. The molecule has 0 bridgehead atoms. The average molecular weight is 324 g/mol. The van der Waals surface area contributed by atoms with Gasteiger partial charge < -0.3 is 9.47 Å². The zero-order valence-corrected chi connectivity index (χ0v) is 13.5. The van der Waals surface area contributed by atoms with Crippen molar-refractivity contribution in [2.24, 2.45) is 0 Å². The van der Waals surface area contributed by atoms with Crippen molar-refractivity contribution in [1.82, 2.24) is 19.4 Å². The van der Waals surface area contributed by atoms with E-state index in [1.807, 2.05) is 18.7 Å². The van der Waals surface area contributed by atoms with Crippen LogP contribution in [0.4, 0.5) is 0 Å². The van der Waals surface area contributed by atoms with Gasteiger partial charge in [-0.25, -0.2) is 4.98 Å². The molecule has 2 aliphatic heterocycles. The van der Waals surface area contributed by atoms with Gasteiger partial charge in [-0.3, -0.25) is 14.5 Å². The van der Waals surface area contributed by atoms with Gasteiger partial charge in [-0.2, -0.15) is 0 Å². The van der Waals surface area contributed by atoms with E-state index >= 15 is 0 Å². The zero-order valence-electron chi connectivity index (χ0n) is 13.5. The van der Waals surface area contributed by atoms with Crippen LogP contribution in [0.2, 0.25) is 0 Å². The van der Waals surface area contributed by atoms with Crippen LogP contribution in [-0.4, -0.2) is 57.3 Å². The summed E-state index contributed by atoms with van der Waals surface area (Å²) in [5, 5.41) is 0. The Balaban J connectivity index is 1.32. The summed E-state index contributed by atoms with van der Waals surface area (Å²) in [6.07, 6.45) is 7.84. The lowest BCUT2D eigenvalue weighted by Crippen LogP contribution is -2.41. The fourth-order valence-corrected chi connectivity index (χ4v) is 3.61. The number of imidazole rings is 1. The minimum atomic E-state index is -0.163. The second kappa shape index (κ2) is 6.20. The maximum Gasteiger partial charge on any atom is 0.261 e. The van der Waals surface area contributed by atoms with E-state index in [0.29, 0.717) is 23.7 Å². The van der Waals surface area contributed by atoms with E-state index in [1.54, 1.807) is 24.3 Å². The SMILES string of the molecule is O=C1c2ccccc2C(=O)N1CCN1CCC(n2ccnc2)CC1. The number of likely N-dealkylation sites (tertiary alicyclic amines) is 1. The van der Waals surface area contributed by atoms with Crippen molar-refractivity contribution in [3.05, 3.63) is 54.1 Å². The van der Waals surface area contributed by atoms with Gasteiger partial charge in [0.25, 0.3) is 11.8 Å². The third kappa shape index (κ3) is 2.63. The summed E-state index contributed by atoms with van der Waals surface area (Å²) in [5.41, 5.74) is 1.06. The number of benzene rings is 1. The van der Waals surface area contributed by atoms with Gasteiger partial charge in [0.15, 0.2) is 0 Å². The molecule has 6 nitrogen and oxygen atoms in total. The number of carbonyl (C=O) groups is 2. The van der Waals surface area contributed by atoms with Gasteiger partial charge in [0.1, 0.15) is 0 Å². The highest BCUT2D eigenvalue weighted by molar-refractivity contribution is 6.21. The Morgan fingerprint density at radius 3 is 2.25 bits per heavy atom. The van der Waals surface area contributed by atoms with Crippen LogP contribution in [0.25, 0.3) is 0 Å². The van der Waals surface area contributed by atoms with Crippen molar-refractivity contribution < 1.29 is 9.59 Å². The molecule has 124 valence electrons. The lowest BCUT2D eigenvalue weighted by Gasteiger charge is -2.33. The second-order valence-electron chi connectivity index (χ2n) is 6.39. The molecule has 6 heteroatoms. The van der Waals surface area contributed by atoms with Gasteiger partial charge >= 0.3 is 0 Å². The lowest BCUT2D eigenvalue weighted by atomic mass is 10.1. The molecule has 0 N–H and O–H groups in total. The first-order chi connectivity index (χ1) is 11.7. The smallest absolute Gasteiger partial charge is 0.261 e. The number of amides is 2. The van der Waals surface area contributed by atoms with E-state index in [0.717, 1.165) is 32.5 Å². The molecule has 1 fully saturated rings. The Labute approximate surface area is 140 Å². The molecule has 2 amide bonds. The van der Waals surface area contributed by atoms with E-state index < -0.39 is 0 Å². The Morgan fingerprint density at radius 2 is 1.67 bits per heavy atom. The topological polar surface area (TPSA) is 58.4 Å². The summed E-state index contributed by atoms with van der Waals surface area (Å²) in [6, 6.07) is 7.56. The second-order valence-corrected chi connectivity index (χ2v) is 6.39. The number of piperidine rings is 1. The fraction of sp³-hybridized carbons (Fsp3) is 0.389. The largest absolute Gasteiger partial charge is 0.334 e. The van der Waals surface area contributed by atoms with Crippen LogP contribution in [-0.2, 0) is 0 Å². The van der Waals surface area contributed by atoms with Crippen molar-refractivity contribution in [3.63, 3.8) is 0 Å². The summed E-state index contributed by atoms with van der Waals surface area (Å²) in [7, 11) is 0. The number of carbonyl (C=O) groups excluding carboxylic acids is 2. The highest BCUT2D eigenvalue weighted by atomic mass is 16.2. The summed E-state index contributed by atoms with van der Waals surface area (Å²) < 4.78 is 2.17. The Hall–Kier alpha value is -2.47. The van der Waals surface area contributed by atoms with Crippen LogP contribution in [0.3, 0.4) is 0 Å². The standard InChI is InChI=1S/C18H20N4O2/c23-17-15-3-1-2-4-16(15)18(24)22(17)12-11-20-8-5-14(6-9-20)21-10-7-19-13-21/h1-4,7,10,13-14H,5-6,8-9,11-12H2. The number of nitrogens with zero attached hydrogens (tertiary/aromatic N) is 4. The van der Waals surface area contributed by atoms with E-state index in [-0.39, 0.29) is 11.8 Å². The molecule has 3 heterocycles. The van der Waals surface area contributed by atoms with Crippen LogP contribution in [0.1, 0.15) is 39.6 Å². The zero-order chi connectivity index (χ0) is 16.5. The molecule has 0 saturated carbocycles. The van der Waals surface area contributed by atoms with Gasteiger partial charge in [-0.1, -0.05) is 12.1 Å². The highest BCUT2D eigenvalue weighted by Gasteiger charge is 2.35. The molecule has 0 atom stereocenters. The molecule has 1 aromatic carbocycles. The number of hydrogen-bond acceptors (Lipinski definition) is 4. The van der Waals surface area contributed by atoms with E-state index in [1.165, 1.54) is 4.90 Å². The van der Waals surface area contributed by atoms with Crippen molar-refractivity contribution in [3.8, 4) is 0 Å². The number of hydrogen-bond donors (Lipinski definition) is 0. The first-order valence-electron chi connectivity index (χ1n) is 8.39. The van der Waals surface area contributed by atoms with Crippen LogP contribution >= 0.6 is 0 Å². The van der Waals surface area contributed by atoms with Gasteiger partial charge in [0.2, 0.25) is 0 Å². The summed E-state index contributed by atoms with van der Waals surface area (Å²) >= 11 is 0. The molecule has 0 unspecified atom stereocenters. The molecule has 2 aliphatic rings. The molecule has 4 rings (SSSR count). The quantitative estimate of drug-likeness (QED) is 0.805. The number of rotatable bonds is 4. The molecule has 0 spiro atoms. The summed E-state index contributed by atoms with van der Waals surface area (Å²) in [4.78, 5) is 32.5. The Bertz CT molecular complexity index is 713. The average Bonchev–Trinajstić information content (AvgIpc) is 3.23. The lowest BCUT2D eigenvalue weighted by molar-refractivity contribution is 0.0626. The van der Waals surface area contributed by atoms with Crippen LogP contribution in [0, 0.1) is 0 Å². The van der Waals surface area contributed by atoms with Gasteiger partial charge in [0.05, 0.1) is 17.5 Å². The molecular weight excluding hydrogens is 304 g/mol. The van der Waals surface area contributed by atoms with E-state index in [2.05, 4.69) is 14.5 Å². The van der Waals surface area contributed by atoms with Crippen LogP contribution in [0.5, 0.6) is 0 Å². The Morgan fingerprint density at radius 1 is 1.00 bits per heavy atom. The fourth-order valence-electron chi connectivity index (χ4n) is 3.61. The minimum absolute atomic E-state index is 0.163. The number of fused-ring (bicyclic) bond motifs is 1. The molecule has 0 radical (unpaired) electrons. The third-order valence-corrected chi connectivity index (χ3v) is 5.02. The minimum Gasteiger partial charge on any atom is -0.334 e. The predicted octanol–water partition coefficient (Wildman–Crippen LogP) is 1.82. The van der Waals surface area contributed by atoms with Gasteiger partial charge in [0, 0.05) is 44.6 Å². The molecular formula is C18H20N4O2. The van der Waals surface area contributed by atoms with Gasteiger partial charge in [-0.15, -0.1) is 0 Å². The molecule has 24 heavy (non-hydrogen) atoms. The first kappa shape index (κ1) is 15.1. The van der Waals surface area contributed by atoms with Gasteiger partial charge in [-0.05, 0) is 25.0 Å². The molecule has 1 aromatic heterocycles. The predicted molar refractivity (Wildman–Crippen MR) is 88.7 cm³/mol. The van der Waals surface area contributed by atoms with Crippen molar-refractivity contribution in [2.45, 2.75) is 18.9 Å².